The Hall–Kier alpha value is -3.81. The SMILES string of the molecule is CCc1cc(=O)oc2cc(OCc3ccc(N)cc3)ccc12.O=CNCC(=O)O. The van der Waals surface area contributed by atoms with Crippen LogP contribution in [-0.2, 0) is 22.6 Å². The molecule has 1 heterocycles. The lowest BCUT2D eigenvalue weighted by atomic mass is 10.1. The van der Waals surface area contributed by atoms with Crippen molar-refractivity contribution in [2.24, 2.45) is 0 Å². The van der Waals surface area contributed by atoms with Crippen LogP contribution < -0.4 is 21.4 Å². The molecule has 29 heavy (non-hydrogen) atoms. The van der Waals surface area contributed by atoms with Gasteiger partial charge < -0.3 is 25.3 Å². The molecule has 1 amide bonds. The van der Waals surface area contributed by atoms with Gasteiger partial charge in [0.25, 0.3) is 0 Å². The minimum atomic E-state index is -1.04. The smallest absolute Gasteiger partial charge is 0.336 e. The van der Waals surface area contributed by atoms with Crippen molar-refractivity contribution in [3.63, 3.8) is 0 Å². The van der Waals surface area contributed by atoms with Gasteiger partial charge in [-0.15, -0.1) is 0 Å². The lowest BCUT2D eigenvalue weighted by Crippen LogP contribution is -2.20. The summed E-state index contributed by atoms with van der Waals surface area (Å²) >= 11 is 0. The van der Waals surface area contributed by atoms with Crippen molar-refractivity contribution in [1.29, 1.82) is 0 Å². The summed E-state index contributed by atoms with van der Waals surface area (Å²) in [5.74, 6) is -0.368. The van der Waals surface area contributed by atoms with Crippen molar-refractivity contribution in [3.8, 4) is 5.75 Å². The Balaban J connectivity index is 0.000000370. The first-order valence-corrected chi connectivity index (χ1v) is 8.85. The van der Waals surface area contributed by atoms with E-state index in [1.54, 1.807) is 6.07 Å². The second kappa shape index (κ2) is 10.5. The second-order valence-electron chi connectivity index (χ2n) is 6.02. The Morgan fingerprint density at radius 1 is 1.21 bits per heavy atom. The normalized spacial score (nSPS) is 9.97. The second-order valence-corrected chi connectivity index (χ2v) is 6.02. The summed E-state index contributed by atoms with van der Waals surface area (Å²) < 4.78 is 11.0. The van der Waals surface area contributed by atoms with Crippen LogP contribution in [0.4, 0.5) is 5.69 Å². The molecule has 4 N–H and O–H groups in total. The molecule has 0 aliphatic rings. The fourth-order valence-corrected chi connectivity index (χ4v) is 2.50. The number of fused-ring (bicyclic) bond motifs is 1. The number of carboxylic acids is 1. The maximum atomic E-state index is 11.6. The number of aryl methyl sites for hydroxylation is 1. The number of hydrogen-bond donors (Lipinski definition) is 3. The first-order valence-electron chi connectivity index (χ1n) is 8.85. The zero-order chi connectivity index (χ0) is 21.2. The molecule has 3 aromatic rings. The Kier molecular flexibility index (Phi) is 7.78. The topological polar surface area (TPSA) is 132 Å². The Morgan fingerprint density at radius 3 is 2.52 bits per heavy atom. The third-order valence-electron chi connectivity index (χ3n) is 3.90. The molecule has 0 saturated carbocycles. The van der Waals surface area contributed by atoms with Crippen LogP contribution in [0.25, 0.3) is 11.0 Å². The lowest BCUT2D eigenvalue weighted by Gasteiger charge is -2.08. The fraction of sp³-hybridized carbons (Fsp3) is 0.190. The molecule has 0 radical (unpaired) electrons. The number of anilines is 1. The van der Waals surface area contributed by atoms with E-state index < -0.39 is 5.97 Å². The molecule has 0 saturated heterocycles. The van der Waals surface area contributed by atoms with Gasteiger partial charge in [-0.25, -0.2) is 4.79 Å². The van der Waals surface area contributed by atoms with E-state index in [1.165, 1.54) is 6.07 Å². The van der Waals surface area contributed by atoms with E-state index in [4.69, 9.17) is 20.0 Å². The highest BCUT2D eigenvalue weighted by molar-refractivity contribution is 5.81. The molecular weight excluding hydrogens is 376 g/mol. The molecule has 3 rings (SSSR count). The summed E-state index contributed by atoms with van der Waals surface area (Å²) in [4.78, 5) is 30.4. The van der Waals surface area contributed by atoms with E-state index in [0.717, 1.165) is 28.6 Å². The molecule has 1 aromatic heterocycles. The summed E-state index contributed by atoms with van der Waals surface area (Å²) in [6, 6.07) is 14.6. The molecular formula is C21H22N2O6. The molecule has 2 aromatic carbocycles. The summed E-state index contributed by atoms with van der Waals surface area (Å²) in [5, 5.41) is 10.7. The van der Waals surface area contributed by atoms with Gasteiger partial charge in [0.1, 0.15) is 24.5 Å². The summed E-state index contributed by atoms with van der Waals surface area (Å²) in [6.07, 6.45) is 1.13. The molecule has 0 fully saturated rings. The van der Waals surface area contributed by atoms with Crippen LogP contribution in [0.3, 0.4) is 0 Å². The van der Waals surface area contributed by atoms with Crippen LogP contribution in [-0.4, -0.2) is 24.0 Å². The average Bonchev–Trinajstić information content (AvgIpc) is 2.71. The average molecular weight is 398 g/mol. The van der Waals surface area contributed by atoms with Gasteiger partial charge in [-0.2, -0.15) is 0 Å². The highest BCUT2D eigenvalue weighted by Crippen LogP contribution is 2.23. The summed E-state index contributed by atoms with van der Waals surface area (Å²) in [7, 11) is 0. The first-order chi connectivity index (χ1) is 13.9. The van der Waals surface area contributed by atoms with Gasteiger partial charge in [0.2, 0.25) is 6.41 Å². The van der Waals surface area contributed by atoms with Gasteiger partial charge in [-0.3, -0.25) is 9.59 Å². The van der Waals surface area contributed by atoms with Crippen molar-refractivity contribution >= 4 is 29.0 Å². The molecule has 0 bridgehead atoms. The van der Waals surface area contributed by atoms with Crippen molar-refractivity contribution < 1.29 is 23.8 Å². The monoisotopic (exact) mass is 398 g/mol. The molecule has 152 valence electrons. The number of rotatable bonds is 7. The predicted octanol–water partition coefficient (Wildman–Crippen LogP) is 2.33. The number of nitrogens with two attached hydrogens (primary N) is 1. The van der Waals surface area contributed by atoms with Crippen LogP contribution >= 0.6 is 0 Å². The van der Waals surface area contributed by atoms with Crippen molar-refractivity contribution in [1.82, 2.24) is 5.32 Å². The number of ether oxygens (including phenoxy) is 1. The van der Waals surface area contributed by atoms with Gasteiger partial charge >= 0.3 is 11.6 Å². The van der Waals surface area contributed by atoms with Crippen LogP contribution in [0.5, 0.6) is 5.75 Å². The highest BCUT2D eigenvalue weighted by Gasteiger charge is 2.06. The van der Waals surface area contributed by atoms with Gasteiger partial charge in [-0.05, 0) is 41.8 Å². The zero-order valence-corrected chi connectivity index (χ0v) is 15.9. The number of aliphatic carboxylic acids is 1. The van der Waals surface area contributed by atoms with Gasteiger partial charge in [-0.1, -0.05) is 19.1 Å². The van der Waals surface area contributed by atoms with E-state index in [9.17, 15) is 14.4 Å². The van der Waals surface area contributed by atoms with Crippen LogP contribution in [0.1, 0.15) is 18.1 Å². The molecule has 8 nitrogen and oxygen atoms in total. The van der Waals surface area contributed by atoms with Crippen molar-refractivity contribution in [2.45, 2.75) is 20.0 Å². The number of carbonyl (C=O) groups excluding carboxylic acids is 1. The van der Waals surface area contributed by atoms with Gasteiger partial charge in [0.05, 0.1) is 0 Å². The van der Waals surface area contributed by atoms with E-state index in [-0.39, 0.29) is 12.2 Å². The number of carbonyl (C=O) groups is 2. The molecule has 0 aliphatic carbocycles. The first kappa shape index (κ1) is 21.5. The maximum Gasteiger partial charge on any atom is 0.336 e. The fourth-order valence-electron chi connectivity index (χ4n) is 2.50. The third kappa shape index (κ3) is 6.69. The Bertz CT molecular complexity index is 1030. The number of amides is 1. The quantitative estimate of drug-likeness (QED) is 0.316. The largest absolute Gasteiger partial charge is 0.489 e. The third-order valence-corrected chi connectivity index (χ3v) is 3.90. The van der Waals surface area contributed by atoms with E-state index in [1.807, 2.05) is 48.6 Å². The minimum Gasteiger partial charge on any atom is -0.489 e. The van der Waals surface area contributed by atoms with Crippen LogP contribution in [0.15, 0.2) is 57.7 Å². The Labute approximate surface area is 166 Å². The standard InChI is InChI=1S/C18H17NO3.C3H5NO3/c1-2-13-9-18(20)22-17-10-15(7-8-16(13)17)21-11-12-3-5-14(19)6-4-12;5-2-4-1-3(6)7/h3-10H,2,11,19H2,1H3;2H,1H2,(H,4,5)(H,6,7). The molecule has 0 aliphatic heterocycles. The number of carboxylic acid groups (broad SMARTS) is 1. The van der Waals surface area contributed by atoms with Crippen LogP contribution in [0, 0.1) is 0 Å². The number of nitrogen functional groups attached to an aromatic ring is 1. The van der Waals surface area contributed by atoms with Gasteiger partial charge in [0.15, 0.2) is 0 Å². The molecule has 0 atom stereocenters. The Morgan fingerprint density at radius 2 is 1.93 bits per heavy atom. The van der Waals surface area contributed by atoms with Crippen LogP contribution in [0.2, 0.25) is 0 Å². The summed E-state index contributed by atoms with van der Waals surface area (Å²) in [6.45, 7) is 2.15. The number of benzene rings is 2. The van der Waals surface area contributed by atoms with E-state index in [2.05, 4.69) is 0 Å². The molecule has 8 heteroatoms. The molecule has 0 spiro atoms. The lowest BCUT2D eigenvalue weighted by molar-refractivity contribution is -0.136. The number of hydrogen-bond acceptors (Lipinski definition) is 6. The molecule has 0 unspecified atom stereocenters. The minimum absolute atomic E-state index is 0.302. The maximum absolute atomic E-state index is 11.6. The van der Waals surface area contributed by atoms with Gasteiger partial charge in [0, 0.05) is 23.2 Å². The predicted molar refractivity (Wildman–Crippen MR) is 109 cm³/mol. The highest BCUT2D eigenvalue weighted by atomic mass is 16.5. The zero-order valence-electron chi connectivity index (χ0n) is 15.9. The summed E-state index contributed by atoms with van der Waals surface area (Å²) in [5.41, 5.74) is 8.61. The van der Waals surface area contributed by atoms with Crippen molar-refractivity contribution in [2.75, 3.05) is 12.3 Å². The van der Waals surface area contributed by atoms with Crippen molar-refractivity contribution in [3.05, 3.63) is 70.1 Å². The van der Waals surface area contributed by atoms with E-state index in [0.29, 0.717) is 24.3 Å². The number of nitrogens with one attached hydrogen (secondary N) is 1. The van der Waals surface area contributed by atoms with E-state index >= 15 is 0 Å².